The van der Waals surface area contributed by atoms with Crippen molar-refractivity contribution in [3.05, 3.63) is 35.4 Å². The summed E-state index contributed by atoms with van der Waals surface area (Å²) in [7, 11) is 0. The molecule has 2 rings (SSSR count). The van der Waals surface area contributed by atoms with Crippen LogP contribution in [0.2, 0.25) is 0 Å². The Kier molecular flexibility index (Phi) is 2.87. The van der Waals surface area contributed by atoms with Crippen molar-refractivity contribution in [1.82, 2.24) is 0 Å². The van der Waals surface area contributed by atoms with Crippen LogP contribution in [0.3, 0.4) is 0 Å². The summed E-state index contributed by atoms with van der Waals surface area (Å²) in [6, 6.07) is 9.36. The second-order valence-electron chi connectivity index (χ2n) is 4.63. The lowest BCUT2D eigenvalue weighted by molar-refractivity contribution is 0.535. The first-order valence-electron chi connectivity index (χ1n) is 5.55. The van der Waals surface area contributed by atoms with Gasteiger partial charge in [-0.2, -0.15) is 0 Å². The zero-order valence-electron chi connectivity index (χ0n) is 8.87. The molecule has 2 atom stereocenters. The van der Waals surface area contributed by atoms with Gasteiger partial charge in [-0.25, -0.2) is 0 Å². The number of aryl methyl sites for hydroxylation is 1. The highest BCUT2D eigenvalue weighted by atomic mass is 14.6. The molecule has 1 saturated carbocycles. The Morgan fingerprint density at radius 3 is 2.50 bits per heavy atom. The van der Waals surface area contributed by atoms with Crippen LogP contribution in [0.5, 0.6) is 0 Å². The van der Waals surface area contributed by atoms with Crippen LogP contribution in [0.1, 0.15) is 30.4 Å². The predicted molar refractivity (Wildman–Crippen MR) is 60.2 cm³/mol. The van der Waals surface area contributed by atoms with Gasteiger partial charge in [-0.3, -0.25) is 0 Å². The molecule has 1 fully saturated rings. The fourth-order valence-electron chi connectivity index (χ4n) is 2.36. The number of benzene rings is 1. The second kappa shape index (κ2) is 4.14. The summed E-state index contributed by atoms with van der Waals surface area (Å²) in [5.74, 6) is 0.827. The van der Waals surface area contributed by atoms with Crippen LogP contribution in [0.4, 0.5) is 0 Å². The van der Waals surface area contributed by atoms with Crippen molar-refractivity contribution in [2.75, 3.05) is 0 Å². The van der Waals surface area contributed by atoms with E-state index in [-0.39, 0.29) is 0 Å². The summed E-state index contributed by atoms with van der Waals surface area (Å²) in [6.45, 7) is 2.13. The van der Waals surface area contributed by atoms with Crippen LogP contribution in [0, 0.1) is 12.8 Å². The van der Waals surface area contributed by atoms with Crippen LogP contribution < -0.4 is 5.73 Å². The quantitative estimate of drug-likeness (QED) is 0.760. The SMILES string of the molecule is Cc1ccc(CC2CCC(N)C2)cc1. The molecule has 1 aliphatic carbocycles. The third kappa shape index (κ3) is 2.36. The van der Waals surface area contributed by atoms with Gasteiger partial charge in [-0.05, 0) is 44.1 Å². The van der Waals surface area contributed by atoms with Gasteiger partial charge in [0.1, 0.15) is 0 Å². The molecule has 1 heteroatoms. The Hall–Kier alpha value is -0.820. The van der Waals surface area contributed by atoms with Gasteiger partial charge in [-0.1, -0.05) is 29.8 Å². The summed E-state index contributed by atoms with van der Waals surface area (Å²) in [5.41, 5.74) is 8.71. The molecule has 0 aliphatic heterocycles. The Labute approximate surface area is 86.3 Å². The maximum absolute atomic E-state index is 5.90. The van der Waals surface area contributed by atoms with Gasteiger partial charge in [0.15, 0.2) is 0 Å². The lowest BCUT2D eigenvalue weighted by atomic mass is 9.97. The van der Waals surface area contributed by atoms with E-state index >= 15 is 0 Å². The van der Waals surface area contributed by atoms with Gasteiger partial charge in [0, 0.05) is 6.04 Å². The van der Waals surface area contributed by atoms with Crippen LogP contribution in [-0.4, -0.2) is 6.04 Å². The maximum atomic E-state index is 5.90. The number of rotatable bonds is 2. The molecule has 0 saturated heterocycles. The van der Waals surface area contributed by atoms with Crippen LogP contribution in [0.25, 0.3) is 0 Å². The fraction of sp³-hybridized carbons (Fsp3) is 0.538. The van der Waals surface area contributed by atoms with Gasteiger partial charge in [0.05, 0.1) is 0 Å². The van der Waals surface area contributed by atoms with Crippen molar-refractivity contribution >= 4 is 0 Å². The minimum absolute atomic E-state index is 0.463. The summed E-state index contributed by atoms with van der Waals surface area (Å²) in [6.07, 6.45) is 4.97. The van der Waals surface area contributed by atoms with E-state index in [4.69, 9.17) is 5.73 Å². The number of hydrogen-bond acceptors (Lipinski definition) is 1. The van der Waals surface area contributed by atoms with E-state index in [1.54, 1.807) is 0 Å². The summed E-state index contributed by atoms with van der Waals surface area (Å²) >= 11 is 0. The Balaban J connectivity index is 1.94. The van der Waals surface area contributed by atoms with Crippen LogP contribution in [0.15, 0.2) is 24.3 Å². The molecule has 1 aliphatic rings. The highest BCUT2D eigenvalue weighted by Gasteiger charge is 2.21. The van der Waals surface area contributed by atoms with Gasteiger partial charge < -0.3 is 5.73 Å². The Bertz CT molecular complexity index is 289. The molecular formula is C13H19N. The molecule has 0 bridgehead atoms. The smallest absolute Gasteiger partial charge is 0.00416 e. The minimum atomic E-state index is 0.463. The fourth-order valence-corrected chi connectivity index (χ4v) is 2.36. The standard InChI is InChI=1S/C13H19N/c1-10-2-4-11(5-3-10)8-12-6-7-13(14)9-12/h2-5,12-13H,6-9,14H2,1H3. The molecule has 0 aromatic heterocycles. The molecular weight excluding hydrogens is 170 g/mol. The van der Waals surface area contributed by atoms with Gasteiger partial charge >= 0.3 is 0 Å². The summed E-state index contributed by atoms with van der Waals surface area (Å²) < 4.78 is 0. The average molecular weight is 189 g/mol. The summed E-state index contributed by atoms with van der Waals surface area (Å²) in [4.78, 5) is 0. The normalized spacial score (nSPS) is 26.7. The lowest BCUT2D eigenvalue weighted by Crippen LogP contribution is -2.15. The molecule has 2 N–H and O–H groups in total. The molecule has 1 nitrogen and oxygen atoms in total. The van der Waals surface area contributed by atoms with E-state index < -0.39 is 0 Å². The molecule has 1 aromatic carbocycles. The molecule has 1 aromatic rings. The Morgan fingerprint density at radius 1 is 1.21 bits per heavy atom. The van der Waals surface area contributed by atoms with Crippen molar-refractivity contribution < 1.29 is 0 Å². The summed E-state index contributed by atoms with van der Waals surface area (Å²) in [5, 5.41) is 0. The zero-order chi connectivity index (χ0) is 9.97. The van der Waals surface area contributed by atoms with E-state index in [0.717, 1.165) is 5.92 Å². The minimum Gasteiger partial charge on any atom is -0.328 e. The largest absolute Gasteiger partial charge is 0.328 e. The van der Waals surface area contributed by atoms with Gasteiger partial charge in [0.25, 0.3) is 0 Å². The number of nitrogens with two attached hydrogens (primary N) is 1. The molecule has 0 heterocycles. The lowest BCUT2D eigenvalue weighted by Gasteiger charge is -2.09. The van der Waals surface area contributed by atoms with Crippen molar-refractivity contribution in [1.29, 1.82) is 0 Å². The molecule has 76 valence electrons. The second-order valence-corrected chi connectivity index (χ2v) is 4.63. The van der Waals surface area contributed by atoms with Crippen molar-refractivity contribution in [2.24, 2.45) is 11.7 Å². The van der Waals surface area contributed by atoms with E-state index in [9.17, 15) is 0 Å². The zero-order valence-corrected chi connectivity index (χ0v) is 8.87. The third-order valence-electron chi connectivity index (χ3n) is 3.23. The maximum Gasteiger partial charge on any atom is 0.00416 e. The first-order chi connectivity index (χ1) is 6.74. The van der Waals surface area contributed by atoms with Crippen molar-refractivity contribution in [3.8, 4) is 0 Å². The van der Waals surface area contributed by atoms with E-state index in [1.165, 1.54) is 36.8 Å². The van der Waals surface area contributed by atoms with E-state index in [2.05, 4.69) is 31.2 Å². The van der Waals surface area contributed by atoms with Crippen molar-refractivity contribution in [3.63, 3.8) is 0 Å². The molecule has 0 amide bonds. The van der Waals surface area contributed by atoms with Crippen molar-refractivity contribution in [2.45, 2.75) is 38.6 Å². The Morgan fingerprint density at radius 2 is 1.93 bits per heavy atom. The van der Waals surface area contributed by atoms with Crippen LogP contribution >= 0.6 is 0 Å². The highest BCUT2D eigenvalue weighted by Crippen LogP contribution is 2.27. The van der Waals surface area contributed by atoms with Crippen LogP contribution in [-0.2, 0) is 6.42 Å². The monoisotopic (exact) mass is 189 g/mol. The highest BCUT2D eigenvalue weighted by molar-refractivity contribution is 5.21. The number of hydrogen-bond donors (Lipinski definition) is 1. The van der Waals surface area contributed by atoms with E-state index in [0.29, 0.717) is 6.04 Å². The first kappa shape index (κ1) is 9.72. The third-order valence-corrected chi connectivity index (χ3v) is 3.23. The molecule has 0 radical (unpaired) electrons. The first-order valence-corrected chi connectivity index (χ1v) is 5.55. The molecule has 14 heavy (non-hydrogen) atoms. The molecule has 2 unspecified atom stereocenters. The topological polar surface area (TPSA) is 26.0 Å². The van der Waals surface area contributed by atoms with Gasteiger partial charge in [-0.15, -0.1) is 0 Å². The average Bonchev–Trinajstić information content (AvgIpc) is 2.56. The molecule has 0 spiro atoms. The van der Waals surface area contributed by atoms with E-state index in [1.807, 2.05) is 0 Å². The predicted octanol–water partition coefficient (Wildman–Crippen LogP) is 2.66. The van der Waals surface area contributed by atoms with Gasteiger partial charge in [0.2, 0.25) is 0 Å².